The Morgan fingerprint density at radius 2 is 2.29 bits per heavy atom. The summed E-state index contributed by atoms with van der Waals surface area (Å²) in [6, 6.07) is -0.504. The molecule has 1 fully saturated rings. The highest BCUT2D eigenvalue weighted by molar-refractivity contribution is 5.86. The number of carbonyl (C=O) groups is 2. The van der Waals surface area contributed by atoms with E-state index in [9.17, 15) is 9.59 Å². The van der Waals surface area contributed by atoms with E-state index < -0.39 is 17.5 Å². The van der Waals surface area contributed by atoms with Gasteiger partial charge in [-0.25, -0.2) is 9.59 Å². The third-order valence-electron chi connectivity index (χ3n) is 2.50. The molecule has 1 aliphatic heterocycles. The number of rotatable bonds is 4. The van der Waals surface area contributed by atoms with Gasteiger partial charge in [-0.1, -0.05) is 0 Å². The summed E-state index contributed by atoms with van der Waals surface area (Å²) < 4.78 is 5.02. The zero-order valence-corrected chi connectivity index (χ0v) is 9.71. The van der Waals surface area contributed by atoms with Crippen LogP contribution in [0.25, 0.3) is 0 Å². The normalized spacial score (nSPS) is 22.4. The van der Waals surface area contributed by atoms with Crippen LogP contribution >= 0.6 is 0 Å². The molecule has 0 aromatic carbocycles. The van der Waals surface area contributed by atoms with Crippen LogP contribution in [0.3, 0.4) is 0 Å². The lowest BCUT2D eigenvalue weighted by atomic mass is 9.99. The highest BCUT2D eigenvalue weighted by Crippen LogP contribution is 2.18. The lowest BCUT2D eigenvalue weighted by Crippen LogP contribution is -2.57. The SMILES string of the molecule is CC#CCCNC(=O)NC1(C(=O)O)CCOC1. The van der Waals surface area contributed by atoms with Gasteiger partial charge in [-0.2, -0.15) is 0 Å². The van der Waals surface area contributed by atoms with E-state index in [4.69, 9.17) is 9.84 Å². The Morgan fingerprint density at radius 1 is 1.53 bits per heavy atom. The second kappa shape index (κ2) is 6.11. The molecule has 1 rings (SSSR count). The highest BCUT2D eigenvalue weighted by atomic mass is 16.5. The molecule has 0 saturated carbocycles. The predicted molar refractivity (Wildman–Crippen MR) is 60.4 cm³/mol. The van der Waals surface area contributed by atoms with E-state index in [0.717, 1.165) is 0 Å². The van der Waals surface area contributed by atoms with Gasteiger partial charge in [-0.05, 0) is 6.92 Å². The fourth-order valence-corrected chi connectivity index (χ4v) is 1.51. The lowest BCUT2D eigenvalue weighted by molar-refractivity contribution is -0.144. The predicted octanol–water partition coefficient (Wildman–Crippen LogP) is -0.0573. The molecule has 1 atom stereocenters. The van der Waals surface area contributed by atoms with Crippen LogP contribution in [-0.4, -0.2) is 42.4 Å². The first kappa shape index (κ1) is 13.3. The Balaban J connectivity index is 2.42. The molecule has 2 amide bonds. The topological polar surface area (TPSA) is 87.7 Å². The minimum atomic E-state index is -1.29. The first-order valence-electron chi connectivity index (χ1n) is 5.37. The Kier molecular flexibility index (Phi) is 4.79. The maximum absolute atomic E-state index is 11.5. The molecule has 1 saturated heterocycles. The highest BCUT2D eigenvalue weighted by Gasteiger charge is 2.43. The molecule has 0 aromatic heterocycles. The fourth-order valence-electron chi connectivity index (χ4n) is 1.51. The van der Waals surface area contributed by atoms with Crippen LogP contribution < -0.4 is 10.6 Å². The average molecular weight is 240 g/mol. The lowest BCUT2D eigenvalue weighted by Gasteiger charge is -2.23. The van der Waals surface area contributed by atoms with Crippen LogP contribution in [0, 0.1) is 11.8 Å². The van der Waals surface area contributed by atoms with E-state index in [1.165, 1.54) is 0 Å². The van der Waals surface area contributed by atoms with Gasteiger partial charge in [0, 0.05) is 26.0 Å². The third kappa shape index (κ3) is 3.64. The zero-order valence-electron chi connectivity index (χ0n) is 9.71. The van der Waals surface area contributed by atoms with Crippen molar-refractivity contribution >= 4 is 12.0 Å². The summed E-state index contributed by atoms with van der Waals surface area (Å²) >= 11 is 0. The monoisotopic (exact) mass is 240 g/mol. The summed E-state index contributed by atoms with van der Waals surface area (Å²) in [6.07, 6.45) is 0.824. The Labute approximate surface area is 99.7 Å². The number of urea groups is 1. The fraction of sp³-hybridized carbons (Fsp3) is 0.636. The molecule has 6 heteroatoms. The van der Waals surface area contributed by atoms with Crippen molar-refractivity contribution in [3.05, 3.63) is 0 Å². The van der Waals surface area contributed by atoms with E-state index in [-0.39, 0.29) is 13.0 Å². The van der Waals surface area contributed by atoms with Gasteiger partial charge >= 0.3 is 12.0 Å². The van der Waals surface area contributed by atoms with Crippen molar-refractivity contribution in [2.24, 2.45) is 0 Å². The zero-order chi connectivity index (χ0) is 12.7. The quantitative estimate of drug-likeness (QED) is 0.474. The van der Waals surface area contributed by atoms with Crippen molar-refractivity contribution in [2.75, 3.05) is 19.8 Å². The van der Waals surface area contributed by atoms with Crippen molar-refractivity contribution in [3.63, 3.8) is 0 Å². The van der Waals surface area contributed by atoms with E-state index >= 15 is 0 Å². The van der Waals surface area contributed by atoms with Gasteiger partial charge in [-0.15, -0.1) is 11.8 Å². The summed E-state index contributed by atoms with van der Waals surface area (Å²) in [6.45, 7) is 2.46. The van der Waals surface area contributed by atoms with Crippen molar-refractivity contribution in [1.29, 1.82) is 0 Å². The van der Waals surface area contributed by atoms with Gasteiger partial charge in [0.25, 0.3) is 0 Å². The van der Waals surface area contributed by atoms with Crippen LogP contribution in [0.5, 0.6) is 0 Å². The van der Waals surface area contributed by atoms with Crippen molar-refractivity contribution < 1.29 is 19.4 Å². The molecule has 0 aliphatic carbocycles. The summed E-state index contributed by atoms with van der Waals surface area (Å²) in [5.74, 6) is 4.43. The van der Waals surface area contributed by atoms with Gasteiger partial charge in [0.05, 0.1) is 6.61 Å². The van der Waals surface area contributed by atoms with Crippen molar-refractivity contribution in [3.8, 4) is 11.8 Å². The number of carbonyl (C=O) groups excluding carboxylic acids is 1. The molecule has 1 heterocycles. The molecule has 94 valence electrons. The number of nitrogens with one attached hydrogen (secondary N) is 2. The van der Waals surface area contributed by atoms with Crippen molar-refractivity contribution in [1.82, 2.24) is 10.6 Å². The largest absolute Gasteiger partial charge is 0.479 e. The molecular formula is C11H16N2O4. The Morgan fingerprint density at radius 3 is 2.82 bits per heavy atom. The molecule has 0 aromatic rings. The number of carboxylic acid groups (broad SMARTS) is 1. The molecule has 1 unspecified atom stereocenters. The van der Waals surface area contributed by atoms with Gasteiger partial charge in [0.1, 0.15) is 0 Å². The molecular weight excluding hydrogens is 224 g/mol. The van der Waals surface area contributed by atoms with E-state index in [1.807, 2.05) is 0 Å². The van der Waals surface area contributed by atoms with E-state index in [2.05, 4.69) is 22.5 Å². The van der Waals surface area contributed by atoms with Crippen LogP contribution in [0.15, 0.2) is 0 Å². The molecule has 6 nitrogen and oxygen atoms in total. The van der Waals surface area contributed by atoms with E-state index in [1.54, 1.807) is 6.92 Å². The molecule has 0 bridgehead atoms. The Bertz CT molecular complexity index is 350. The van der Waals surface area contributed by atoms with Gasteiger partial charge in [0.15, 0.2) is 5.54 Å². The van der Waals surface area contributed by atoms with Crippen LogP contribution in [0.1, 0.15) is 19.8 Å². The number of aliphatic carboxylic acids is 1. The van der Waals surface area contributed by atoms with Crippen LogP contribution in [-0.2, 0) is 9.53 Å². The maximum atomic E-state index is 11.5. The number of carboxylic acids is 1. The second-order valence-electron chi connectivity index (χ2n) is 3.75. The summed E-state index contributed by atoms with van der Waals surface area (Å²) in [4.78, 5) is 22.6. The number of hydrogen-bond donors (Lipinski definition) is 3. The first-order chi connectivity index (χ1) is 8.10. The summed E-state index contributed by atoms with van der Waals surface area (Å²) in [7, 11) is 0. The van der Waals surface area contributed by atoms with Gasteiger partial charge in [0.2, 0.25) is 0 Å². The number of amides is 2. The number of ether oxygens (including phenoxy) is 1. The second-order valence-corrected chi connectivity index (χ2v) is 3.75. The average Bonchev–Trinajstić information content (AvgIpc) is 2.74. The molecule has 1 aliphatic rings. The third-order valence-corrected chi connectivity index (χ3v) is 2.50. The van der Waals surface area contributed by atoms with Gasteiger partial charge < -0.3 is 20.5 Å². The summed E-state index contributed by atoms with van der Waals surface area (Å²) in [5, 5.41) is 14.1. The molecule has 17 heavy (non-hydrogen) atoms. The summed E-state index contributed by atoms with van der Waals surface area (Å²) in [5.41, 5.74) is -1.29. The smallest absolute Gasteiger partial charge is 0.332 e. The van der Waals surface area contributed by atoms with E-state index in [0.29, 0.717) is 19.6 Å². The first-order valence-corrected chi connectivity index (χ1v) is 5.37. The maximum Gasteiger partial charge on any atom is 0.332 e. The molecule has 3 N–H and O–H groups in total. The van der Waals surface area contributed by atoms with Crippen molar-refractivity contribution in [2.45, 2.75) is 25.3 Å². The number of hydrogen-bond acceptors (Lipinski definition) is 3. The Hall–Kier alpha value is -1.74. The molecule has 0 spiro atoms. The minimum Gasteiger partial charge on any atom is -0.479 e. The van der Waals surface area contributed by atoms with Crippen LogP contribution in [0.2, 0.25) is 0 Å². The minimum absolute atomic E-state index is 0.00448. The van der Waals surface area contributed by atoms with Crippen LogP contribution in [0.4, 0.5) is 4.79 Å². The standard InChI is InChI=1S/C11H16N2O4/c1-2-3-4-6-12-10(16)13-11(9(14)15)5-7-17-8-11/h4-8H2,1H3,(H,14,15)(H2,12,13,16). The van der Waals surface area contributed by atoms with Gasteiger partial charge in [-0.3, -0.25) is 0 Å². The molecule has 0 radical (unpaired) electrons.